The van der Waals surface area contributed by atoms with E-state index in [-0.39, 0.29) is 11.8 Å². The van der Waals surface area contributed by atoms with Gasteiger partial charge in [-0.25, -0.2) is 0 Å². The lowest BCUT2D eigenvalue weighted by Crippen LogP contribution is -2.42. The van der Waals surface area contributed by atoms with Gasteiger partial charge < -0.3 is 19.7 Å². The van der Waals surface area contributed by atoms with Gasteiger partial charge in [0.25, 0.3) is 11.8 Å². The number of carbonyl (C=O) groups is 2. The van der Waals surface area contributed by atoms with Crippen molar-refractivity contribution in [3.8, 4) is 11.5 Å². The van der Waals surface area contributed by atoms with Crippen LogP contribution in [0, 0.1) is 18.8 Å². The van der Waals surface area contributed by atoms with Crippen molar-refractivity contribution in [1.29, 1.82) is 0 Å². The number of ether oxygens (including phenoxy) is 2. The number of amides is 2. The van der Waals surface area contributed by atoms with Gasteiger partial charge in [0.05, 0.1) is 5.02 Å². The molecule has 164 valence electrons. The van der Waals surface area contributed by atoms with Crippen LogP contribution in [-0.4, -0.2) is 43.0 Å². The summed E-state index contributed by atoms with van der Waals surface area (Å²) < 4.78 is 11.1. The number of halogens is 1. The molecule has 0 aliphatic carbocycles. The minimum atomic E-state index is -0.327. The van der Waals surface area contributed by atoms with E-state index in [4.69, 9.17) is 21.1 Å². The standard InChI is InChI=1S/C24H27ClN2O4/c1-14-8-15(2)13-27(12-14)24(29)17-5-4-16(3)20(10-17)26-23(28)18-9-19(25)22-21(11-18)30-6-7-31-22/h4-5,9-11,14-15H,6-8,12-13H2,1-3H3,(H,26,28). The van der Waals surface area contributed by atoms with Gasteiger partial charge in [-0.15, -0.1) is 0 Å². The Labute approximate surface area is 187 Å². The third kappa shape index (κ3) is 4.64. The molecular weight excluding hydrogens is 416 g/mol. The molecule has 1 saturated heterocycles. The van der Waals surface area contributed by atoms with Crippen molar-refractivity contribution >= 4 is 29.1 Å². The fourth-order valence-electron chi connectivity index (χ4n) is 4.34. The fraction of sp³-hybridized carbons (Fsp3) is 0.417. The zero-order valence-corrected chi connectivity index (χ0v) is 18.8. The number of hydrogen-bond acceptors (Lipinski definition) is 4. The monoisotopic (exact) mass is 442 g/mol. The fourth-order valence-corrected chi connectivity index (χ4v) is 4.60. The number of fused-ring (bicyclic) bond motifs is 1. The second-order valence-corrected chi connectivity index (χ2v) is 9.03. The van der Waals surface area contributed by atoms with Crippen LogP contribution in [-0.2, 0) is 0 Å². The molecule has 0 spiro atoms. The maximum Gasteiger partial charge on any atom is 0.255 e. The van der Waals surface area contributed by atoms with Crippen LogP contribution in [0.15, 0.2) is 30.3 Å². The van der Waals surface area contributed by atoms with E-state index in [9.17, 15) is 9.59 Å². The molecule has 4 rings (SSSR count). The summed E-state index contributed by atoms with van der Waals surface area (Å²) in [4.78, 5) is 27.9. The highest BCUT2D eigenvalue weighted by atomic mass is 35.5. The predicted molar refractivity (Wildman–Crippen MR) is 120 cm³/mol. The highest BCUT2D eigenvalue weighted by molar-refractivity contribution is 6.32. The summed E-state index contributed by atoms with van der Waals surface area (Å²) in [5, 5.41) is 3.24. The van der Waals surface area contributed by atoms with Crippen LogP contribution in [0.2, 0.25) is 5.02 Å². The van der Waals surface area contributed by atoms with Gasteiger partial charge in [-0.05, 0) is 55.0 Å². The van der Waals surface area contributed by atoms with Crippen molar-refractivity contribution in [3.05, 3.63) is 52.0 Å². The van der Waals surface area contributed by atoms with Crippen LogP contribution in [0.25, 0.3) is 0 Å². The number of nitrogens with one attached hydrogen (secondary N) is 1. The second kappa shape index (κ2) is 8.79. The van der Waals surface area contributed by atoms with E-state index < -0.39 is 0 Å². The zero-order valence-electron chi connectivity index (χ0n) is 18.0. The molecule has 31 heavy (non-hydrogen) atoms. The first-order valence-electron chi connectivity index (χ1n) is 10.6. The molecule has 0 radical (unpaired) electrons. The summed E-state index contributed by atoms with van der Waals surface area (Å²) in [7, 11) is 0. The molecule has 7 heteroatoms. The molecule has 2 amide bonds. The van der Waals surface area contributed by atoms with Crippen LogP contribution in [0.1, 0.15) is 46.5 Å². The van der Waals surface area contributed by atoms with Crippen molar-refractivity contribution in [1.82, 2.24) is 4.90 Å². The number of benzene rings is 2. The lowest BCUT2D eigenvalue weighted by molar-refractivity contribution is 0.0623. The van der Waals surface area contributed by atoms with E-state index in [0.29, 0.717) is 58.4 Å². The molecule has 2 aromatic rings. The van der Waals surface area contributed by atoms with Crippen LogP contribution in [0.3, 0.4) is 0 Å². The lowest BCUT2D eigenvalue weighted by Gasteiger charge is -2.35. The summed E-state index contributed by atoms with van der Waals surface area (Å²) in [5.74, 6) is 1.55. The minimum Gasteiger partial charge on any atom is -0.486 e. The minimum absolute atomic E-state index is 0.00345. The van der Waals surface area contributed by atoms with Crippen molar-refractivity contribution in [2.75, 3.05) is 31.6 Å². The summed E-state index contributed by atoms with van der Waals surface area (Å²) >= 11 is 6.27. The maximum absolute atomic E-state index is 13.1. The van der Waals surface area contributed by atoms with E-state index in [1.54, 1.807) is 18.2 Å². The van der Waals surface area contributed by atoms with E-state index in [1.807, 2.05) is 24.0 Å². The number of piperidine rings is 1. The van der Waals surface area contributed by atoms with Gasteiger partial charge in [0, 0.05) is 29.9 Å². The van der Waals surface area contributed by atoms with Crippen LogP contribution in [0.5, 0.6) is 11.5 Å². The smallest absolute Gasteiger partial charge is 0.255 e. The number of aryl methyl sites for hydroxylation is 1. The molecule has 2 heterocycles. The third-order valence-corrected chi connectivity index (χ3v) is 6.03. The van der Waals surface area contributed by atoms with Gasteiger partial charge in [0.1, 0.15) is 13.2 Å². The number of hydrogen-bond donors (Lipinski definition) is 1. The first kappa shape index (κ1) is 21.5. The summed E-state index contributed by atoms with van der Waals surface area (Å²) in [6.07, 6.45) is 1.14. The highest BCUT2D eigenvalue weighted by Crippen LogP contribution is 2.38. The van der Waals surface area contributed by atoms with Crippen molar-refractivity contribution in [3.63, 3.8) is 0 Å². The number of rotatable bonds is 3. The van der Waals surface area contributed by atoms with Crippen molar-refractivity contribution < 1.29 is 19.1 Å². The zero-order chi connectivity index (χ0) is 22.1. The predicted octanol–water partition coefficient (Wildman–Crippen LogP) is 4.79. The van der Waals surface area contributed by atoms with Gasteiger partial charge in [0.15, 0.2) is 11.5 Å². The molecule has 6 nitrogen and oxygen atoms in total. The Morgan fingerprint density at radius 3 is 2.48 bits per heavy atom. The first-order chi connectivity index (χ1) is 14.8. The van der Waals surface area contributed by atoms with Gasteiger partial charge in [-0.1, -0.05) is 31.5 Å². The van der Waals surface area contributed by atoms with E-state index in [1.165, 1.54) is 0 Å². The molecule has 2 atom stereocenters. The molecule has 2 aliphatic heterocycles. The molecule has 1 fully saturated rings. The Morgan fingerprint density at radius 2 is 1.74 bits per heavy atom. The topological polar surface area (TPSA) is 67.9 Å². The Morgan fingerprint density at radius 1 is 1.03 bits per heavy atom. The van der Waals surface area contributed by atoms with Gasteiger partial charge in [-0.3, -0.25) is 9.59 Å². The summed E-state index contributed by atoms with van der Waals surface area (Å²) in [6.45, 7) is 8.59. The quantitative estimate of drug-likeness (QED) is 0.742. The Balaban J connectivity index is 1.54. The van der Waals surface area contributed by atoms with E-state index in [2.05, 4.69) is 19.2 Å². The molecule has 0 saturated carbocycles. The van der Waals surface area contributed by atoms with Crippen molar-refractivity contribution in [2.45, 2.75) is 27.2 Å². The Bertz CT molecular complexity index is 1010. The average molecular weight is 443 g/mol. The largest absolute Gasteiger partial charge is 0.486 e. The molecule has 0 aromatic heterocycles. The molecule has 0 bridgehead atoms. The molecule has 2 unspecified atom stereocenters. The third-order valence-electron chi connectivity index (χ3n) is 5.75. The average Bonchev–Trinajstić information content (AvgIpc) is 2.74. The summed E-state index contributed by atoms with van der Waals surface area (Å²) in [5.41, 5.74) is 2.40. The lowest BCUT2D eigenvalue weighted by atomic mass is 9.91. The number of carbonyl (C=O) groups excluding carboxylic acids is 2. The molecule has 1 N–H and O–H groups in total. The van der Waals surface area contributed by atoms with Crippen LogP contribution < -0.4 is 14.8 Å². The van der Waals surface area contributed by atoms with Gasteiger partial charge in [0.2, 0.25) is 0 Å². The maximum atomic E-state index is 13.1. The number of anilines is 1. The first-order valence-corrected chi connectivity index (χ1v) is 11.0. The number of likely N-dealkylation sites (tertiary alicyclic amines) is 1. The second-order valence-electron chi connectivity index (χ2n) is 8.62. The van der Waals surface area contributed by atoms with Crippen molar-refractivity contribution in [2.24, 2.45) is 11.8 Å². The van der Waals surface area contributed by atoms with E-state index >= 15 is 0 Å². The Kier molecular flexibility index (Phi) is 6.10. The van der Waals surface area contributed by atoms with Crippen LogP contribution in [0.4, 0.5) is 5.69 Å². The van der Waals surface area contributed by atoms with Gasteiger partial charge >= 0.3 is 0 Å². The molecule has 2 aliphatic rings. The highest BCUT2D eigenvalue weighted by Gasteiger charge is 2.26. The summed E-state index contributed by atoms with van der Waals surface area (Å²) in [6, 6.07) is 8.61. The van der Waals surface area contributed by atoms with Gasteiger partial charge in [-0.2, -0.15) is 0 Å². The number of nitrogens with zero attached hydrogens (tertiary/aromatic N) is 1. The normalized spacial score (nSPS) is 20.3. The molecule has 2 aromatic carbocycles. The van der Waals surface area contributed by atoms with Crippen LogP contribution >= 0.6 is 11.6 Å². The Hall–Kier alpha value is -2.73. The SMILES string of the molecule is Cc1ccc(C(=O)N2CC(C)CC(C)C2)cc1NC(=O)c1cc(Cl)c2c(c1)OCCO2. The van der Waals surface area contributed by atoms with E-state index in [0.717, 1.165) is 25.1 Å². The molecular formula is C24H27ClN2O4.